The highest BCUT2D eigenvalue weighted by Gasteiger charge is 1.93. The Labute approximate surface area is 86.6 Å². The molecule has 0 fully saturated rings. The van der Waals surface area contributed by atoms with Crippen LogP contribution in [0.4, 0.5) is 0 Å². The zero-order valence-electron chi connectivity index (χ0n) is 9.09. The molecule has 0 saturated carbocycles. The minimum absolute atomic E-state index is 0.740. The summed E-state index contributed by atoms with van der Waals surface area (Å²) in [6.07, 6.45) is 6.33. The average molecular weight is 189 g/mol. The van der Waals surface area contributed by atoms with Crippen molar-refractivity contribution in [2.75, 3.05) is 6.54 Å². The molecule has 1 heteroatoms. The summed E-state index contributed by atoms with van der Waals surface area (Å²) in [7, 11) is 0. The zero-order chi connectivity index (χ0) is 10.4. The van der Waals surface area contributed by atoms with Crippen molar-refractivity contribution in [1.29, 1.82) is 0 Å². The van der Waals surface area contributed by atoms with Crippen LogP contribution in [-0.4, -0.2) is 6.54 Å². The Kier molecular flexibility index (Phi) is 4.41. The molecular weight excluding hydrogens is 170 g/mol. The van der Waals surface area contributed by atoms with Gasteiger partial charge in [0, 0.05) is 0 Å². The van der Waals surface area contributed by atoms with Crippen LogP contribution < -0.4 is 5.73 Å². The molecule has 76 valence electrons. The average Bonchev–Trinajstić information content (AvgIpc) is 2.18. The van der Waals surface area contributed by atoms with Gasteiger partial charge in [-0.25, -0.2) is 0 Å². The number of rotatable bonds is 4. The summed E-state index contributed by atoms with van der Waals surface area (Å²) in [4.78, 5) is 0. The third-order valence-electron chi connectivity index (χ3n) is 2.42. The molecule has 0 aliphatic rings. The van der Waals surface area contributed by atoms with Gasteiger partial charge >= 0.3 is 0 Å². The molecule has 0 spiro atoms. The van der Waals surface area contributed by atoms with E-state index in [1.807, 2.05) is 0 Å². The van der Waals surface area contributed by atoms with Gasteiger partial charge in [-0.15, -0.1) is 0 Å². The number of hydrogen-bond acceptors (Lipinski definition) is 1. The number of nitrogens with two attached hydrogens (primary N) is 1. The van der Waals surface area contributed by atoms with Crippen LogP contribution in [0.3, 0.4) is 0 Å². The molecule has 0 radical (unpaired) electrons. The SMILES string of the molecule is Cc1ccc(CC=CCCN)cc1C. The fourth-order valence-corrected chi connectivity index (χ4v) is 1.36. The third kappa shape index (κ3) is 3.35. The fourth-order valence-electron chi connectivity index (χ4n) is 1.36. The normalized spacial score (nSPS) is 11.1. The number of aryl methyl sites for hydroxylation is 2. The molecule has 0 aliphatic heterocycles. The molecule has 1 aromatic rings. The lowest BCUT2D eigenvalue weighted by atomic mass is 10.0. The Morgan fingerprint density at radius 3 is 2.57 bits per heavy atom. The summed E-state index contributed by atoms with van der Waals surface area (Å²) >= 11 is 0. The van der Waals surface area contributed by atoms with Crippen LogP contribution in [0.15, 0.2) is 30.4 Å². The van der Waals surface area contributed by atoms with E-state index in [0.29, 0.717) is 0 Å². The van der Waals surface area contributed by atoms with E-state index >= 15 is 0 Å². The molecule has 1 aromatic carbocycles. The standard InChI is InChI=1S/C13H19N/c1-11-7-8-13(10-12(11)2)6-4-3-5-9-14/h3-4,7-8,10H,5-6,9,14H2,1-2H3. The van der Waals surface area contributed by atoms with Crippen LogP contribution in [0.25, 0.3) is 0 Å². The van der Waals surface area contributed by atoms with E-state index in [9.17, 15) is 0 Å². The zero-order valence-corrected chi connectivity index (χ0v) is 9.09. The van der Waals surface area contributed by atoms with Crippen LogP contribution >= 0.6 is 0 Å². The Balaban J connectivity index is 2.55. The van der Waals surface area contributed by atoms with Crippen molar-refractivity contribution >= 4 is 0 Å². The Hall–Kier alpha value is -1.08. The Morgan fingerprint density at radius 2 is 1.93 bits per heavy atom. The lowest BCUT2D eigenvalue weighted by Gasteiger charge is -2.02. The summed E-state index contributed by atoms with van der Waals surface area (Å²) in [5, 5.41) is 0. The van der Waals surface area contributed by atoms with E-state index in [1.165, 1.54) is 16.7 Å². The molecule has 14 heavy (non-hydrogen) atoms. The van der Waals surface area contributed by atoms with Crippen molar-refractivity contribution in [3.8, 4) is 0 Å². The second kappa shape index (κ2) is 5.61. The topological polar surface area (TPSA) is 26.0 Å². The summed E-state index contributed by atoms with van der Waals surface area (Å²) in [6.45, 7) is 5.04. The minimum atomic E-state index is 0.740. The lowest BCUT2D eigenvalue weighted by Crippen LogP contribution is -1.95. The highest BCUT2D eigenvalue weighted by atomic mass is 14.5. The quantitative estimate of drug-likeness (QED) is 0.724. The van der Waals surface area contributed by atoms with Crippen LogP contribution in [-0.2, 0) is 6.42 Å². The Bertz CT molecular complexity index is 313. The van der Waals surface area contributed by atoms with Gasteiger partial charge in [-0.2, -0.15) is 0 Å². The van der Waals surface area contributed by atoms with Gasteiger partial charge < -0.3 is 5.73 Å². The lowest BCUT2D eigenvalue weighted by molar-refractivity contribution is 1.00. The second-order valence-corrected chi connectivity index (χ2v) is 3.67. The van der Waals surface area contributed by atoms with E-state index in [0.717, 1.165) is 19.4 Å². The van der Waals surface area contributed by atoms with Gasteiger partial charge in [-0.05, 0) is 49.9 Å². The third-order valence-corrected chi connectivity index (χ3v) is 2.42. The first-order chi connectivity index (χ1) is 6.74. The van der Waals surface area contributed by atoms with Crippen LogP contribution in [0.5, 0.6) is 0 Å². The van der Waals surface area contributed by atoms with Crippen molar-refractivity contribution in [2.45, 2.75) is 26.7 Å². The first kappa shape index (κ1) is 11.0. The predicted octanol–water partition coefficient (Wildman–Crippen LogP) is 2.75. The van der Waals surface area contributed by atoms with Crippen molar-refractivity contribution in [3.63, 3.8) is 0 Å². The van der Waals surface area contributed by atoms with E-state index < -0.39 is 0 Å². The van der Waals surface area contributed by atoms with Gasteiger partial charge in [0.15, 0.2) is 0 Å². The fraction of sp³-hybridized carbons (Fsp3) is 0.385. The van der Waals surface area contributed by atoms with Gasteiger partial charge in [0.05, 0.1) is 0 Å². The molecule has 0 aromatic heterocycles. The number of benzene rings is 1. The Morgan fingerprint density at radius 1 is 1.14 bits per heavy atom. The number of hydrogen-bond donors (Lipinski definition) is 1. The van der Waals surface area contributed by atoms with Gasteiger partial charge in [-0.3, -0.25) is 0 Å². The first-order valence-corrected chi connectivity index (χ1v) is 5.15. The molecule has 0 heterocycles. The van der Waals surface area contributed by atoms with Crippen LogP contribution in [0, 0.1) is 13.8 Å². The maximum atomic E-state index is 5.40. The highest BCUT2D eigenvalue weighted by Crippen LogP contribution is 2.10. The van der Waals surface area contributed by atoms with Gasteiger partial charge in [0.2, 0.25) is 0 Å². The molecule has 0 amide bonds. The van der Waals surface area contributed by atoms with Gasteiger partial charge in [0.1, 0.15) is 0 Å². The first-order valence-electron chi connectivity index (χ1n) is 5.15. The summed E-state index contributed by atoms with van der Waals surface area (Å²) < 4.78 is 0. The molecular formula is C13H19N. The summed E-state index contributed by atoms with van der Waals surface area (Å²) in [5.74, 6) is 0. The van der Waals surface area contributed by atoms with Crippen molar-refractivity contribution < 1.29 is 0 Å². The van der Waals surface area contributed by atoms with E-state index in [4.69, 9.17) is 5.73 Å². The van der Waals surface area contributed by atoms with Crippen LogP contribution in [0.1, 0.15) is 23.1 Å². The molecule has 1 rings (SSSR count). The maximum Gasteiger partial charge on any atom is -0.00426 e. The molecule has 0 unspecified atom stereocenters. The van der Waals surface area contributed by atoms with Gasteiger partial charge in [-0.1, -0.05) is 30.4 Å². The minimum Gasteiger partial charge on any atom is -0.330 e. The predicted molar refractivity (Wildman–Crippen MR) is 62.4 cm³/mol. The smallest absolute Gasteiger partial charge is 0.00426 e. The molecule has 0 saturated heterocycles. The van der Waals surface area contributed by atoms with Gasteiger partial charge in [0.25, 0.3) is 0 Å². The highest BCUT2D eigenvalue weighted by molar-refractivity contribution is 5.30. The van der Waals surface area contributed by atoms with Crippen molar-refractivity contribution in [2.24, 2.45) is 5.73 Å². The summed E-state index contributed by atoms with van der Waals surface area (Å²) in [6, 6.07) is 6.62. The van der Waals surface area contributed by atoms with Crippen molar-refractivity contribution in [3.05, 3.63) is 47.0 Å². The molecule has 2 N–H and O–H groups in total. The number of allylic oxidation sites excluding steroid dienone is 1. The maximum absolute atomic E-state index is 5.40. The van der Waals surface area contributed by atoms with Crippen molar-refractivity contribution in [1.82, 2.24) is 0 Å². The molecule has 0 bridgehead atoms. The monoisotopic (exact) mass is 189 g/mol. The van der Waals surface area contributed by atoms with E-state index in [2.05, 4.69) is 44.2 Å². The van der Waals surface area contributed by atoms with E-state index in [-0.39, 0.29) is 0 Å². The largest absolute Gasteiger partial charge is 0.330 e. The molecule has 1 nitrogen and oxygen atoms in total. The second-order valence-electron chi connectivity index (χ2n) is 3.67. The molecule has 0 aliphatic carbocycles. The molecule has 0 atom stereocenters. The van der Waals surface area contributed by atoms with E-state index in [1.54, 1.807) is 0 Å². The van der Waals surface area contributed by atoms with Crippen LogP contribution in [0.2, 0.25) is 0 Å². The summed E-state index contributed by atoms with van der Waals surface area (Å²) in [5.41, 5.74) is 9.51.